The molecule has 0 atom stereocenters. The van der Waals surface area contributed by atoms with Gasteiger partial charge in [0.05, 0.1) is 7.11 Å². The molecule has 3 N–H and O–H groups in total. The van der Waals surface area contributed by atoms with E-state index >= 15 is 0 Å². The monoisotopic (exact) mass is 199 g/mol. The summed E-state index contributed by atoms with van der Waals surface area (Å²) in [7, 11) is 1.21. The van der Waals surface area contributed by atoms with E-state index in [4.69, 9.17) is 0 Å². The Labute approximate surface area is 78.5 Å². The van der Waals surface area contributed by atoms with Crippen molar-refractivity contribution in [3.63, 3.8) is 0 Å². The molecule has 1 heterocycles. The molecule has 0 aromatic carbocycles. The van der Waals surface area contributed by atoms with Crippen LogP contribution in [-0.4, -0.2) is 35.5 Å². The third-order valence-electron chi connectivity index (χ3n) is 1.46. The van der Waals surface area contributed by atoms with Gasteiger partial charge < -0.3 is 20.0 Å². The van der Waals surface area contributed by atoms with E-state index in [-0.39, 0.29) is 12.2 Å². The Morgan fingerprint density at radius 3 is 2.79 bits per heavy atom. The molecule has 1 aromatic heterocycles. The molecule has 0 radical (unpaired) electrons. The quantitative estimate of drug-likeness (QED) is 0.521. The van der Waals surface area contributed by atoms with Gasteiger partial charge in [0.1, 0.15) is 12.2 Å². The van der Waals surface area contributed by atoms with Crippen molar-refractivity contribution in [2.45, 2.75) is 0 Å². The van der Waals surface area contributed by atoms with Crippen LogP contribution in [0.1, 0.15) is 10.5 Å². The van der Waals surface area contributed by atoms with Gasteiger partial charge in [-0.3, -0.25) is 9.59 Å². The number of nitrogens with one attached hydrogen (secondary N) is 3. The maximum absolute atomic E-state index is 11.2. The van der Waals surface area contributed by atoms with Crippen LogP contribution in [0.2, 0.25) is 0 Å². The molecule has 76 valence electrons. The highest BCUT2D eigenvalue weighted by Gasteiger charge is 2.09. The first-order valence-electron chi connectivity index (χ1n) is 3.76. The number of amides is 1. The maximum atomic E-state index is 11.2. The molecule has 14 heavy (non-hydrogen) atoms. The Kier molecular flexibility index (Phi) is 3.05. The van der Waals surface area contributed by atoms with Gasteiger partial charge in [-0.25, -0.2) is 4.79 Å². The first kappa shape index (κ1) is 10.0. The minimum Gasteiger partial charge on any atom is -0.468 e. The number of aromatic nitrogens is 2. The van der Waals surface area contributed by atoms with Crippen LogP contribution >= 0.6 is 0 Å². The van der Waals surface area contributed by atoms with Crippen molar-refractivity contribution in [2.75, 3.05) is 13.7 Å². The molecule has 0 aliphatic rings. The lowest BCUT2D eigenvalue weighted by atomic mass is 10.4. The Hall–Kier alpha value is -2.05. The van der Waals surface area contributed by atoms with E-state index in [1.165, 1.54) is 13.3 Å². The second-order valence-corrected chi connectivity index (χ2v) is 2.42. The van der Waals surface area contributed by atoms with Crippen LogP contribution in [0.3, 0.4) is 0 Å². The molecule has 0 saturated heterocycles. The molecular formula is C7H9N3O4. The summed E-state index contributed by atoms with van der Waals surface area (Å²) in [6, 6.07) is 0. The summed E-state index contributed by atoms with van der Waals surface area (Å²) in [5.41, 5.74) is -0.410. The van der Waals surface area contributed by atoms with Gasteiger partial charge in [-0.05, 0) is 0 Å². The summed E-state index contributed by atoms with van der Waals surface area (Å²) in [5.74, 6) is -1.11. The maximum Gasteiger partial charge on any atom is 0.325 e. The summed E-state index contributed by atoms with van der Waals surface area (Å²) in [5, 5.41) is 2.26. The number of methoxy groups -OCH3 is 1. The molecule has 7 heteroatoms. The van der Waals surface area contributed by atoms with Gasteiger partial charge in [0.2, 0.25) is 0 Å². The fourth-order valence-corrected chi connectivity index (χ4v) is 0.774. The lowest BCUT2D eigenvalue weighted by Gasteiger charge is -2.00. The largest absolute Gasteiger partial charge is 0.468 e. The van der Waals surface area contributed by atoms with Crippen LogP contribution in [-0.2, 0) is 9.53 Å². The van der Waals surface area contributed by atoms with Crippen molar-refractivity contribution < 1.29 is 14.3 Å². The molecular weight excluding hydrogens is 190 g/mol. The zero-order valence-electron chi connectivity index (χ0n) is 7.42. The first-order chi connectivity index (χ1) is 6.63. The lowest BCUT2D eigenvalue weighted by Crippen LogP contribution is -2.30. The number of hydrogen-bond donors (Lipinski definition) is 3. The van der Waals surface area contributed by atoms with E-state index in [9.17, 15) is 14.4 Å². The van der Waals surface area contributed by atoms with Crippen molar-refractivity contribution in [1.29, 1.82) is 0 Å². The van der Waals surface area contributed by atoms with Gasteiger partial charge in [-0.1, -0.05) is 0 Å². The van der Waals surface area contributed by atoms with Crippen molar-refractivity contribution >= 4 is 11.9 Å². The average molecular weight is 199 g/mol. The van der Waals surface area contributed by atoms with E-state index in [0.717, 1.165) is 0 Å². The molecule has 0 aliphatic carbocycles. The lowest BCUT2D eigenvalue weighted by molar-refractivity contribution is -0.139. The third-order valence-corrected chi connectivity index (χ3v) is 1.46. The first-order valence-corrected chi connectivity index (χ1v) is 3.76. The van der Waals surface area contributed by atoms with E-state index in [1.807, 2.05) is 0 Å². The Morgan fingerprint density at radius 1 is 1.57 bits per heavy atom. The summed E-state index contributed by atoms with van der Waals surface area (Å²) in [4.78, 5) is 36.9. The zero-order valence-corrected chi connectivity index (χ0v) is 7.42. The predicted octanol–water partition coefficient (Wildman–Crippen LogP) is -1.39. The highest BCUT2D eigenvalue weighted by atomic mass is 16.5. The standard InChI is InChI=1S/C7H9N3O4/c1-14-5(11)3-8-6(12)4-2-9-7(13)10-4/h2H,3H2,1H3,(H,8,12)(H2,9,10,13). The number of esters is 1. The van der Waals surface area contributed by atoms with Crippen molar-refractivity contribution in [3.8, 4) is 0 Å². The SMILES string of the molecule is COC(=O)CNC(=O)c1c[nH]c(=O)[nH]1. The van der Waals surface area contributed by atoms with Crippen LogP contribution in [0, 0.1) is 0 Å². The highest BCUT2D eigenvalue weighted by Crippen LogP contribution is 1.86. The number of rotatable bonds is 3. The van der Waals surface area contributed by atoms with Gasteiger partial charge in [0, 0.05) is 6.20 Å². The number of ether oxygens (including phenoxy) is 1. The van der Waals surface area contributed by atoms with Crippen molar-refractivity contribution in [2.24, 2.45) is 0 Å². The van der Waals surface area contributed by atoms with E-state index in [0.29, 0.717) is 0 Å². The molecule has 0 spiro atoms. The normalized spacial score (nSPS) is 9.50. The minimum atomic E-state index is -0.559. The topological polar surface area (TPSA) is 104 Å². The summed E-state index contributed by atoms with van der Waals surface area (Å²) >= 11 is 0. The molecule has 0 saturated carbocycles. The van der Waals surface area contributed by atoms with Crippen LogP contribution < -0.4 is 11.0 Å². The van der Waals surface area contributed by atoms with Crippen molar-refractivity contribution in [1.82, 2.24) is 15.3 Å². The fraction of sp³-hybridized carbons (Fsp3) is 0.286. The number of hydrogen-bond acceptors (Lipinski definition) is 4. The average Bonchev–Trinajstić information content (AvgIpc) is 2.60. The van der Waals surface area contributed by atoms with Gasteiger partial charge in [-0.2, -0.15) is 0 Å². The summed E-state index contributed by atoms with van der Waals surface area (Å²) < 4.78 is 4.31. The molecule has 0 fully saturated rings. The Bertz CT molecular complexity index is 392. The van der Waals surface area contributed by atoms with Crippen LogP contribution in [0.25, 0.3) is 0 Å². The van der Waals surface area contributed by atoms with Crippen LogP contribution in [0.4, 0.5) is 0 Å². The van der Waals surface area contributed by atoms with E-state index < -0.39 is 17.6 Å². The molecule has 1 amide bonds. The Balaban J connectivity index is 2.51. The van der Waals surface area contributed by atoms with Gasteiger partial charge in [-0.15, -0.1) is 0 Å². The van der Waals surface area contributed by atoms with Gasteiger partial charge >= 0.3 is 11.7 Å². The number of carbonyl (C=O) groups is 2. The van der Waals surface area contributed by atoms with E-state index in [2.05, 4.69) is 20.0 Å². The van der Waals surface area contributed by atoms with Crippen LogP contribution in [0.5, 0.6) is 0 Å². The molecule has 0 aliphatic heterocycles. The molecule has 1 aromatic rings. The predicted molar refractivity (Wildman–Crippen MR) is 45.8 cm³/mol. The molecule has 0 unspecified atom stereocenters. The number of carbonyl (C=O) groups excluding carboxylic acids is 2. The van der Waals surface area contributed by atoms with Crippen molar-refractivity contribution in [3.05, 3.63) is 22.4 Å². The Morgan fingerprint density at radius 2 is 2.29 bits per heavy atom. The second-order valence-electron chi connectivity index (χ2n) is 2.42. The molecule has 1 rings (SSSR count). The molecule has 7 nitrogen and oxygen atoms in total. The van der Waals surface area contributed by atoms with E-state index in [1.54, 1.807) is 0 Å². The zero-order chi connectivity index (χ0) is 10.6. The fourth-order valence-electron chi connectivity index (χ4n) is 0.774. The number of H-pyrrole nitrogens is 2. The summed E-state index contributed by atoms with van der Waals surface area (Å²) in [6.45, 7) is -0.234. The number of aromatic amines is 2. The summed E-state index contributed by atoms with van der Waals surface area (Å²) in [6.07, 6.45) is 1.22. The minimum absolute atomic E-state index is 0.0684. The smallest absolute Gasteiger partial charge is 0.325 e. The number of imidazole rings is 1. The highest BCUT2D eigenvalue weighted by molar-refractivity contribution is 5.93. The van der Waals surface area contributed by atoms with Gasteiger partial charge in [0.25, 0.3) is 5.91 Å². The third kappa shape index (κ3) is 2.47. The van der Waals surface area contributed by atoms with Gasteiger partial charge in [0.15, 0.2) is 0 Å². The molecule has 0 bridgehead atoms. The van der Waals surface area contributed by atoms with Crippen LogP contribution in [0.15, 0.2) is 11.0 Å². The second kappa shape index (κ2) is 4.26.